The molecule has 426 valence electrons. The average molecular weight is 1100 g/mol. The van der Waals surface area contributed by atoms with Crippen LogP contribution in [0, 0.1) is 5.92 Å². The van der Waals surface area contributed by atoms with E-state index in [1.165, 1.54) is 41.7 Å². The number of aliphatic imine (C=N–C) groups is 1. The van der Waals surface area contributed by atoms with E-state index in [0.29, 0.717) is 47.1 Å². The molecule has 16 N–H and O–H groups in total. The molecule has 6 rings (SSSR count). The van der Waals surface area contributed by atoms with Gasteiger partial charge in [0.25, 0.3) is 0 Å². The van der Waals surface area contributed by atoms with Crippen molar-refractivity contribution in [1.29, 1.82) is 0 Å². The summed E-state index contributed by atoms with van der Waals surface area (Å²) in [6, 6.07) is 1.97. The topological polar surface area (TPSA) is 402 Å². The largest absolute Gasteiger partial charge is 0.508 e. The summed E-state index contributed by atoms with van der Waals surface area (Å²) in [6.45, 7) is 4.94. The number of benzene rings is 2. The van der Waals surface area contributed by atoms with Gasteiger partial charge in [0, 0.05) is 74.3 Å². The zero-order valence-corrected chi connectivity index (χ0v) is 44.5. The van der Waals surface area contributed by atoms with Crippen molar-refractivity contribution >= 4 is 70.0 Å². The van der Waals surface area contributed by atoms with Gasteiger partial charge in [-0.15, -0.1) is 0 Å². The van der Waals surface area contributed by atoms with Gasteiger partial charge in [-0.3, -0.25) is 48.1 Å². The first-order valence-corrected chi connectivity index (χ1v) is 26.4. The molecule has 79 heavy (non-hydrogen) atoms. The number of phenols is 1. The van der Waals surface area contributed by atoms with E-state index >= 15 is 0 Å². The van der Waals surface area contributed by atoms with Crippen LogP contribution in [-0.4, -0.2) is 164 Å². The number of aromatic amines is 2. The van der Waals surface area contributed by atoms with Crippen molar-refractivity contribution in [2.24, 2.45) is 22.4 Å². The number of aliphatic hydroxyl groups is 1. The van der Waals surface area contributed by atoms with Gasteiger partial charge in [-0.1, -0.05) is 44.2 Å². The number of nitrogens with one attached hydrogen (secondary N) is 10. The Bertz CT molecular complexity index is 2840. The molecule has 0 aliphatic carbocycles. The minimum Gasteiger partial charge on any atom is -0.508 e. The zero-order chi connectivity index (χ0) is 58.0. The Morgan fingerprint density at radius 2 is 1.48 bits per heavy atom. The predicted octanol–water partition coefficient (Wildman–Crippen LogP) is -1.97. The van der Waals surface area contributed by atoms with Gasteiger partial charge in [0.1, 0.15) is 54.1 Å². The molecule has 0 bridgehead atoms. The minimum atomic E-state index is -1.90. The lowest BCUT2D eigenvalue weighted by atomic mass is 10.00. The first-order chi connectivity index (χ1) is 38.3. The molecule has 2 aromatic heterocycles. The number of carbonyl (C=O) groups excluding carboxylic acids is 9. The monoisotopic (exact) mass is 1100 g/mol. The summed E-state index contributed by atoms with van der Waals surface area (Å²) in [5.74, 6) is -7.29. The number of phenolic OH excluding ortho intramolecular Hbond substituents is 1. The number of amides is 9. The quantitative estimate of drug-likeness (QED) is 0.0167. The maximum atomic E-state index is 14.7. The fourth-order valence-electron chi connectivity index (χ4n) is 9.46. The highest BCUT2D eigenvalue weighted by Gasteiger charge is 2.39. The van der Waals surface area contributed by atoms with Gasteiger partial charge in [-0.05, 0) is 80.7 Å². The van der Waals surface area contributed by atoms with E-state index < -0.39 is 96.3 Å². The molecule has 9 amide bonds. The molecule has 0 unspecified atom stereocenters. The Kier molecular flexibility index (Phi) is 21.1. The number of guanidine groups is 1. The summed E-state index contributed by atoms with van der Waals surface area (Å²) in [5.41, 5.74) is 13.1. The van der Waals surface area contributed by atoms with E-state index in [-0.39, 0.29) is 99.2 Å². The number of hydrogen-bond donors (Lipinski definition) is 14. The number of aliphatic hydroxyl groups excluding tert-OH is 1. The lowest BCUT2D eigenvalue weighted by molar-refractivity contribution is -0.142. The number of nitrogens with two attached hydrogens (primary N) is 2. The number of carbonyl (C=O) groups is 9. The highest BCUT2D eigenvalue weighted by Crippen LogP contribution is 2.22. The second-order valence-electron chi connectivity index (χ2n) is 20.0. The van der Waals surface area contributed by atoms with Gasteiger partial charge >= 0.3 is 0 Å². The number of nitrogens with zero attached hydrogens (tertiary/aromatic N) is 3. The summed E-state index contributed by atoms with van der Waals surface area (Å²) in [7, 11) is 0. The lowest BCUT2D eigenvalue weighted by Gasteiger charge is -2.30. The number of H-pyrrole nitrogens is 2. The summed E-state index contributed by atoms with van der Waals surface area (Å²) in [6.07, 6.45) is 5.32. The first-order valence-electron chi connectivity index (χ1n) is 26.9. The van der Waals surface area contributed by atoms with E-state index in [2.05, 4.69) is 57.2 Å². The van der Waals surface area contributed by atoms with Crippen LogP contribution in [0.25, 0.3) is 10.9 Å². The highest BCUT2D eigenvalue weighted by molar-refractivity contribution is 5.99. The number of likely N-dealkylation sites (tertiary alicyclic amines) is 1. The lowest BCUT2D eigenvalue weighted by Crippen LogP contribution is -2.61. The number of aromatic nitrogens is 3. The number of likely N-dealkylation sites (N-methyl/N-ethyl adjacent to an activating group) is 1. The van der Waals surface area contributed by atoms with Crippen LogP contribution in [0.5, 0.6) is 5.75 Å². The third-order valence-corrected chi connectivity index (χ3v) is 13.5. The number of para-hydroxylation sites is 1. The first kappa shape index (κ1) is 58.1. The Labute approximate surface area is 457 Å². The van der Waals surface area contributed by atoms with Gasteiger partial charge in [0.15, 0.2) is 7.37 Å². The van der Waals surface area contributed by atoms with Crippen LogP contribution in [0.2, 0.25) is 1.41 Å². The molecule has 0 saturated carbocycles. The van der Waals surface area contributed by atoms with Crippen LogP contribution in [0.15, 0.2) is 72.2 Å². The molecule has 2 aliphatic heterocycles. The zero-order valence-electron chi connectivity index (χ0n) is 45.5. The summed E-state index contributed by atoms with van der Waals surface area (Å²) in [5, 5.41) is 40.4. The van der Waals surface area contributed by atoms with E-state index in [4.69, 9.17) is 11.5 Å². The van der Waals surface area contributed by atoms with Crippen molar-refractivity contribution in [3.05, 3.63) is 84.1 Å². The van der Waals surface area contributed by atoms with Gasteiger partial charge in [0.05, 0.1) is 12.9 Å². The molecule has 2 fully saturated rings. The third kappa shape index (κ3) is 17.2. The molecule has 26 heteroatoms. The standard InChI is InChI=1S/C53H73N15O11/c1-4-57-51(78)43-12-8-20-68(43)52(79)37(11-7-19-58-53(54)55)62-46(73)38(21-29(2)3)63-47(74)39(22-30-13-15-33(70)16-14-30)64-50(77)42(27-69)67-48(75)40(23-31-25-59-35-10-6-5-9-34(31)35)65-49(76)41(24-32-26-56-28-60-32)66-45(72)36-17-18-44(71)61-36/h5-6,9-10,13-16,25-26,28-29,36-43,59,69-70H,4,7-8,11-12,17-24,27H2,1-3H3,(H,56,60)(H,57,78)(H,61,71)(H,62,73)(H,63,74)(H,64,77)(H,65,76)(H,66,72)(H,67,75)(H4,54,55,58)/t36-,37-,38-,39-,40-,41-,42-,43-/m0/s1/i/hD. The van der Waals surface area contributed by atoms with E-state index in [9.17, 15) is 54.8 Å². The Morgan fingerprint density at radius 1 is 0.810 bits per heavy atom. The van der Waals surface area contributed by atoms with Crippen LogP contribution in [0.1, 0.15) is 82.5 Å². The molecule has 2 aliphatic rings. The predicted molar refractivity (Wildman–Crippen MR) is 289 cm³/mol. The van der Waals surface area contributed by atoms with Crippen molar-refractivity contribution in [3.63, 3.8) is 0 Å². The summed E-state index contributed by atoms with van der Waals surface area (Å²) < 4.78 is 9.22. The summed E-state index contributed by atoms with van der Waals surface area (Å²) >= 11 is 0. The van der Waals surface area contributed by atoms with Crippen molar-refractivity contribution in [3.8, 4) is 5.75 Å². The normalized spacial score (nSPS) is 17.5. The van der Waals surface area contributed by atoms with Crippen molar-refractivity contribution in [2.75, 3.05) is 26.2 Å². The Balaban J connectivity index is 1.25. The Hall–Kier alpha value is -8.55. The second-order valence-corrected chi connectivity index (χ2v) is 20.0. The van der Waals surface area contributed by atoms with E-state index in [0.717, 1.165) is 0 Å². The Morgan fingerprint density at radius 3 is 2.14 bits per heavy atom. The molecule has 0 spiro atoms. The molecule has 4 heterocycles. The molecule has 2 aromatic carbocycles. The van der Waals surface area contributed by atoms with Crippen molar-refractivity contribution in [2.45, 2.75) is 133 Å². The number of fused-ring (bicyclic) bond motifs is 1. The van der Waals surface area contributed by atoms with Crippen LogP contribution in [0.4, 0.5) is 0 Å². The van der Waals surface area contributed by atoms with Crippen molar-refractivity contribution in [1.82, 2.24) is 62.4 Å². The summed E-state index contributed by atoms with van der Waals surface area (Å²) in [4.78, 5) is 140. The van der Waals surface area contributed by atoms with E-state index in [1.54, 1.807) is 51.2 Å². The van der Waals surface area contributed by atoms with Crippen LogP contribution in [-0.2, 0) is 62.4 Å². The highest BCUT2D eigenvalue weighted by atomic mass is 16.3. The van der Waals surface area contributed by atoms with Gasteiger partial charge in [0.2, 0.25) is 53.2 Å². The number of hydrogen-bond acceptors (Lipinski definition) is 13. The fourth-order valence-corrected chi connectivity index (χ4v) is 9.46. The van der Waals surface area contributed by atoms with Crippen LogP contribution in [0.3, 0.4) is 0 Å². The van der Waals surface area contributed by atoms with Crippen molar-refractivity contribution < 1.29 is 54.8 Å². The number of imidazole rings is 1. The van der Waals surface area contributed by atoms with Crippen LogP contribution < -0.4 is 54.0 Å². The second kappa shape index (κ2) is 28.7. The molecular formula is C53H73N15O11. The molecule has 0 radical (unpaired) electrons. The molecule has 8 atom stereocenters. The molecular weight excluding hydrogens is 1020 g/mol. The fraction of sp³-hybridized carbons (Fsp3) is 0.491. The SMILES string of the molecule is [2H]N(C(=O)[C@H](CO)NC(=O)[C@H](Cc1c[nH]c2ccccc12)NC(=O)[C@H](Cc1cnc[nH]1)NC(=O)[C@@H]1CCC(=O)N1)[C@@H](Cc1ccc(O)cc1)C(=O)N[C@@H](CC(C)C)C(=O)N[C@@H](CCCN=C(N)N)C(=O)N1CCC[C@H]1C(=O)NCC. The van der Waals surface area contributed by atoms with Gasteiger partial charge < -0.3 is 79.1 Å². The number of rotatable bonds is 28. The maximum absolute atomic E-state index is 14.7. The average Bonchev–Trinajstić information content (AvgIpc) is 4.33. The van der Waals surface area contributed by atoms with Gasteiger partial charge in [-0.2, -0.15) is 0 Å². The minimum absolute atomic E-state index is 0.0119. The molecule has 2 saturated heterocycles. The maximum Gasteiger partial charge on any atom is 0.245 e. The van der Waals surface area contributed by atoms with E-state index in [1.807, 2.05) is 0 Å². The smallest absolute Gasteiger partial charge is 0.245 e. The van der Waals surface area contributed by atoms with Gasteiger partial charge in [-0.25, -0.2) is 4.98 Å². The number of aromatic hydroxyl groups is 1. The van der Waals surface area contributed by atoms with Crippen LogP contribution >= 0.6 is 0 Å². The molecule has 26 nitrogen and oxygen atoms in total. The third-order valence-electron chi connectivity index (χ3n) is 13.5. The molecule has 4 aromatic rings.